The lowest BCUT2D eigenvalue weighted by atomic mass is 10.1. The summed E-state index contributed by atoms with van der Waals surface area (Å²) in [5, 5.41) is 0. The summed E-state index contributed by atoms with van der Waals surface area (Å²) in [5.74, 6) is 0.363. The lowest BCUT2D eigenvalue weighted by Crippen LogP contribution is -2.49. The first-order chi connectivity index (χ1) is 7.85. The van der Waals surface area contributed by atoms with Gasteiger partial charge in [0.05, 0.1) is 11.5 Å². The molecule has 102 valence electrons. The molecule has 0 radical (unpaired) electrons. The van der Waals surface area contributed by atoms with E-state index in [2.05, 4.69) is 16.7 Å². The fourth-order valence-electron chi connectivity index (χ4n) is 2.29. The normalized spacial score (nSPS) is 28.1. The zero-order chi connectivity index (χ0) is 13.1. The fourth-order valence-corrected chi connectivity index (χ4v) is 4.21. The van der Waals surface area contributed by atoms with Crippen LogP contribution in [0.2, 0.25) is 0 Å². The third-order valence-electron chi connectivity index (χ3n) is 3.18. The minimum absolute atomic E-state index is 0.0000926. The van der Waals surface area contributed by atoms with E-state index in [9.17, 15) is 8.42 Å². The van der Waals surface area contributed by atoms with Crippen LogP contribution in [0, 0.1) is 0 Å². The van der Waals surface area contributed by atoms with Crippen molar-refractivity contribution in [2.75, 3.05) is 45.2 Å². The monoisotopic (exact) mass is 263 g/mol. The van der Waals surface area contributed by atoms with Crippen LogP contribution in [0.1, 0.15) is 13.3 Å². The first-order valence-corrected chi connectivity index (χ1v) is 8.02. The van der Waals surface area contributed by atoms with E-state index in [4.69, 9.17) is 5.73 Å². The summed E-state index contributed by atoms with van der Waals surface area (Å²) >= 11 is 0. The molecule has 17 heavy (non-hydrogen) atoms. The van der Waals surface area contributed by atoms with Crippen molar-refractivity contribution in [3.05, 3.63) is 0 Å². The Bertz CT molecular complexity index is 330. The SMILES string of the molecule is CCCN(CCN(C)C)C1CS(=O)(=O)CC1N. The number of sulfone groups is 1. The molecule has 5 nitrogen and oxygen atoms in total. The molecule has 2 atom stereocenters. The topological polar surface area (TPSA) is 66.6 Å². The van der Waals surface area contributed by atoms with Crippen LogP contribution < -0.4 is 5.73 Å². The molecule has 0 aromatic heterocycles. The van der Waals surface area contributed by atoms with E-state index < -0.39 is 9.84 Å². The molecule has 0 aromatic rings. The number of hydrogen-bond acceptors (Lipinski definition) is 5. The van der Waals surface area contributed by atoms with Crippen molar-refractivity contribution in [3.8, 4) is 0 Å². The summed E-state index contributed by atoms with van der Waals surface area (Å²) < 4.78 is 23.2. The number of hydrogen-bond donors (Lipinski definition) is 1. The molecular weight excluding hydrogens is 238 g/mol. The molecule has 0 aromatic carbocycles. The lowest BCUT2D eigenvalue weighted by molar-refractivity contribution is 0.180. The Balaban J connectivity index is 2.64. The average molecular weight is 263 g/mol. The Hall–Kier alpha value is -0.170. The quantitative estimate of drug-likeness (QED) is 0.692. The third kappa shape index (κ3) is 4.54. The molecule has 1 aliphatic rings. The van der Waals surface area contributed by atoms with Crippen LogP contribution in [0.15, 0.2) is 0 Å². The van der Waals surface area contributed by atoms with Crippen molar-refractivity contribution in [2.45, 2.75) is 25.4 Å². The zero-order valence-corrected chi connectivity index (χ0v) is 11.9. The van der Waals surface area contributed by atoms with Gasteiger partial charge in [-0.3, -0.25) is 4.90 Å². The first kappa shape index (κ1) is 14.9. The summed E-state index contributed by atoms with van der Waals surface area (Å²) in [6.07, 6.45) is 1.02. The van der Waals surface area contributed by atoms with Gasteiger partial charge in [0, 0.05) is 25.2 Å². The van der Waals surface area contributed by atoms with E-state index in [0.29, 0.717) is 0 Å². The van der Waals surface area contributed by atoms with Gasteiger partial charge in [-0.15, -0.1) is 0 Å². The van der Waals surface area contributed by atoms with Gasteiger partial charge in [0.1, 0.15) is 0 Å². The Labute approximate surface area is 105 Å². The minimum Gasteiger partial charge on any atom is -0.325 e. The number of nitrogens with zero attached hydrogens (tertiary/aromatic N) is 2. The largest absolute Gasteiger partial charge is 0.325 e. The number of nitrogens with two attached hydrogens (primary N) is 1. The summed E-state index contributed by atoms with van der Waals surface area (Å²) in [7, 11) is 1.12. The van der Waals surface area contributed by atoms with Crippen LogP contribution in [0.4, 0.5) is 0 Å². The van der Waals surface area contributed by atoms with Gasteiger partial charge in [0.25, 0.3) is 0 Å². The van der Waals surface area contributed by atoms with E-state index >= 15 is 0 Å². The molecule has 0 amide bonds. The first-order valence-electron chi connectivity index (χ1n) is 6.20. The van der Waals surface area contributed by atoms with Crippen LogP contribution in [0.25, 0.3) is 0 Å². The highest BCUT2D eigenvalue weighted by molar-refractivity contribution is 7.91. The molecule has 6 heteroatoms. The second-order valence-corrected chi connectivity index (χ2v) is 7.30. The molecule has 2 N–H and O–H groups in total. The van der Waals surface area contributed by atoms with E-state index in [1.165, 1.54) is 0 Å². The van der Waals surface area contributed by atoms with Crippen molar-refractivity contribution in [2.24, 2.45) is 5.73 Å². The van der Waals surface area contributed by atoms with Gasteiger partial charge in [0.15, 0.2) is 9.84 Å². The molecule has 0 bridgehead atoms. The molecule has 0 spiro atoms. The Morgan fingerprint density at radius 1 is 1.18 bits per heavy atom. The number of rotatable bonds is 6. The van der Waals surface area contributed by atoms with Gasteiger partial charge < -0.3 is 10.6 Å². The van der Waals surface area contributed by atoms with E-state index in [0.717, 1.165) is 26.1 Å². The predicted molar refractivity (Wildman–Crippen MR) is 70.8 cm³/mol. The van der Waals surface area contributed by atoms with Gasteiger partial charge in [-0.1, -0.05) is 6.92 Å². The average Bonchev–Trinajstić information content (AvgIpc) is 2.46. The summed E-state index contributed by atoms with van der Waals surface area (Å²) in [5.41, 5.74) is 5.96. The molecule has 1 rings (SSSR count). The lowest BCUT2D eigenvalue weighted by Gasteiger charge is -2.31. The maximum atomic E-state index is 11.6. The minimum atomic E-state index is -2.93. The van der Waals surface area contributed by atoms with Crippen LogP contribution >= 0.6 is 0 Å². The standard InChI is InChI=1S/C11H25N3O2S/c1-4-5-14(7-6-13(2)3)11-9-17(15,16)8-10(11)12/h10-11H,4-9,12H2,1-3H3. The van der Waals surface area contributed by atoms with E-state index in [-0.39, 0.29) is 23.6 Å². The summed E-state index contributed by atoms with van der Waals surface area (Å²) in [6, 6.07) is -0.228. The second kappa shape index (κ2) is 6.13. The van der Waals surface area contributed by atoms with Gasteiger partial charge in [0.2, 0.25) is 0 Å². The van der Waals surface area contributed by atoms with Gasteiger partial charge in [-0.05, 0) is 27.1 Å². The molecule has 1 saturated heterocycles. The molecule has 1 fully saturated rings. The van der Waals surface area contributed by atoms with Crippen LogP contribution in [-0.2, 0) is 9.84 Å². The molecule has 0 saturated carbocycles. The molecule has 0 aliphatic carbocycles. The van der Waals surface area contributed by atoms with Crippen LogP contribution in [-0.4, -0.2) is 75.5 Å². The highest BCUT2D eigenvalue weighted by Crippen LogP contribution is 2.17. The van der Waals surface area contributed by atoms with Crippen LogP contribution in [0.5, 0.6) is 0 Å². The predicted octanol–water partition coefficient (Wildman–Crippen LogP) is -0.616. The summed E-state index contributed by atoms with van der Waals surface area (Å²) in [4.78, 5) is 4.34. The van der Waals surface area contributed by atoms with Gasteiger partial charge >= 0.3 is 0 Å². The Morgan fingerprint density at radius 2 is 1.82 bits per heavy atom. The van der Waals surface area contributed by atoms with Crippen LogP contribution in [0.3, 0.4) is 0 Å². The maximum Gasteiger partial charge on any atom is 0.153 e. The molecule has 2 unspecified atom stereocenters. The highest BCUT2D eigenvalue weighted by Gasteiger charge is 2.38. The van der Waals surface area contributed by atoms with Crippen molar-refractivity contribution < 1.29 is 8.42 Å². The van der Waals surface area contributed by atoms with Gasteiger partial charge in [-0.25, -0.2) is 8.42 Å². The maximum absolute atomic E-state index is 11.6. The fraction of sp³-hybridized carbons (Fsp3) is 1.00. The molecule has 1 heterocycles. The van der Waals surface area contributed by atoms with Crippen molar-refractivity contribution in [1.82, 2.24) is 9.80 Å². The molecule has 1 aliphatic heterocycles. The number of likely N-dealkylation sites (N-methyl/N-ethyl adjacent to an activating group) is 1. The Morgan fingerprint density at radius 3 is 2.24 bits per heavy atom. The smallest absolute Gasteiger partial charge is 0.153 e. The van der Waals surface area contributed by atoms with Crippen molar-refractivity contribution >= 4 is 9.84 Å². The third-order valence-corrected chi connectivity index (χ3v) is 4.92. The Kier molecular flexibility index (Phi) is 5.37. The van der Waals surface area contributed by atoms with E-state index in [1.807, 2.05) is 14.1 Å². The van der Waals surface area contributed by atoms with E-state index in [1.54, 1.807) is 0 Å². The highest BCUT2D eigenvalue weighted by atomic mass is 32.2. The molecular formula is C11H25N3O2S. The van der Waals surface area contributed by atoms with Crippen molar-refractivity contribution in [1.29, 1.82) is 0 Å². The second-order valence-electron chi connectivity index (χ2n) is 5.15. The van der Waals surface area contributed by atoms with Gasteiger partial charge in [-0.2, -0.15) is 0 Å². The summed E-state index contributed by atoms with van der Waals surface area (Å²) in [6.45, 7) is 4.84. The van der Waals surface area contributed by atoms with Crippen molar-refractivity contribution in [3.63, 3.8) is 0 Å². The zero-order valence-electron chi connectivity index (χ0n) is 11.1.